The van der Waals surface area contributed by atoms with Crippen molar-refractivity contribution >= 4 is 23.1 Å². The lowest BCUT2D eigenvalue weighted by Gasteiger charge is -2.42. The predicted molar refractivity (Wildman–Crippen MR) is 70.2 cm³/mol. The van der Waals surface area contributed by atoms with Gasteiger partial charge in [-0.1, -0.05) is 39.4 Å². The molecule has 0 heterocycles. The summed E-state index contributed by atoms with van der Waals surface area (Å²) in [5.41, 5.74) is 5.29. The van der Waals surface area contributed by atoms with E-state index < -0.39 is 5.41 Å². The fourth-order valence-corrected chi connectivity index (χ4v) is 2.54. The molecule has 0 radical (unpaired) electrons. The molecule has 1 aliphatic rings. The summed E-state index contributed by atoms with van der Waals surface area (Å²) in [6.45, 7) is 7.08. The Labute approximate surface area is 103 Å². The van der Waals surface area contributed by atoms with Crippen LogP contribution in [0.25, 0.3) is 0 Å². The Balaban J connectivity index is 2.73. The summed E-state index contributed by atoms with van der Waals surface area (Å²) < 4.78 is 0. The number of carbonyl (C=O) groups excluding carboxylic acids is 1. The van der Waals surface area contributed by atoms with E-state index in [9.17, 15) is 4.79 Å². The first kappa shape index (κ1) is 13.4. The van der Waals surface area contributed by atoms with Gasteiger partial charge in [-0.25, -0.2) is 0 Å². The van der Waals surface area contributed by atoms with Gasteiger partial charge in [-0.2, -0.15) is 0 Å². The van der Waals surface area contributed by atoms with Gasteiger partial charge in [0.1, 0.15) is 0 Å². The Hall–Kier alpha value is -0.640. The highest BCUT2D eigenvalue weighted by molar-refractivity contribution is 7.80. The van der Waals surface area contributed by atoms with Crippen molar-refractivity contribution in [2.75, 3.05) is 13.6 Å². The summed E-state index contributed by atoms with van der Waals surface area (Å²) in [6, 6.07) is 0. The zero-order valence-corrected chi connectivity index (χ0v) is 11.5. The molecule has 0 unspecified atom stereocenters. The van der Waals surface area contributed by atoms with Crippen LogP contribution in [0.3, 0.4) is 0 Å². The molecule has 1 rings (SSSR count). The average molecular weight is 242 g/mol. The molecular formula is C12H22N2OS. The Morgan fingerprint density at radius 2 is 1.94 bits per heavy atom. The normalized spacial score (nSPS) is 18.8. The second kappa shape index (κ2) is 4.32. The molecule has 1 saturated carbocycles. The van der Waals surface area contributed by atoms with Crippen LogP contribution in [0.2, 0.25) is 0 Å². The molecule has 1 aliphatic carbocycles. The average Bonchev–Trinajstić information content (AvgIpc) is 1.97. The van der Waals surface area contributed by atoms with E-state index in [0.717, 1.165) is 25.8 Å². The van der Waals surface area contributed by atoms with Gasteiger partial charge in [-0.15, -0.1) is 0 Å². The molecule has 3 nitrogen and oxygen atoms in total. The Bertz CT molecular complexity index is 303. The second-order valence-corrected chi connectivity index (χ2v) is 6.46. The minimum Gasteiger partial charge on any atom is -0.392 e. The maximum atomic E-state index is 12.3. The van der Waals surface area contributed by atoms with Gasteiger partial charge in [0.05, 0.1) is 10.4 Å². The molecule has 1 fully saturated rings. The topological polar surface area (TPSA) is 46.3 Å². The summed E-state index contributed by atoms with van der Waals surface area (Å²) in [4.78, 5) is 14.5. The van der Waals surface area contributed by atoms with Crippen molar-refractivity contribution < 1.29 is 4.79 Å². The SMILES string of the molecule is CN(CC(C)(C)C)C(=O)C1(C(N)=S)CCC1. The molecule has 92 valence electrons. The van der Waals surface area contributed by atoms with Gasteiger partial charge in [0, 0.05) is 13.6 Å². The van der Waals surface area contributed by atoms with Gasteiger partial charge in [-0.05, 0) is 18.3 Å². The lowest BCUT2D eigenvalue weighted by Crippen LogP contribution is -2.54. The van der Waals surface area contributed by atoms with Crippen molar-refractivity contribution in [1.82, 2.24) is 4.90 Å². The van der Waals surface area contributed by atoms with E-state index in [1.54, 1.807) is 4.90 Å². The van der Waals surface area contributed by atoms with Gasteiger partial charge >= 0.3 is 0 Å². The van der Waals surface area contributed by atoms with Gasteiger partial charge in [0.15, 0.2) is 0 Å². The maximum Gasteiger partial charge on any atom is 0.235 e. The quantitative estimate of drug-likeness (QED) is 0.769. The summed E-state index contributed by atoms with van der Waals surface area (Å²) >= 11 is 5.05. The summed E-state index contributed by atoms with van der Waals surface area (Å²) in [5.74, 6) is 0.0983. The Morgan fingerprint density at radius 3 is 2.19 bits per heavy atom. The highest BCUT2D eigenvalue weighted by Crippen LogP contribution is 2.43. The van der Waals surface area contributed by atoms with E-state index in [1.807, 2.05) is 7.05 Å². The first-order valence-electron chi connectivity index (χ1n) is 5.74. The number of amides is 1. The third kappa shape index (κ3) is 2.54. The zero-order valence-electron chi connectivity index (χ0n) is 10.7. The minimum atomic E-state index is -0.532. The molecule has 0 saturated heterocycles. The van der Waals surface area contributed by atoms with Crippen molar-refractivity contribution in [3.8, 4) is 0 Å². The number of nitrogens with two attached hydrogens (primary N) is 1. The first-order chi connectivity index (χ1) is 7.19. The predicted octanol–water partition coefficient (Wildman–Crippen LogP) is 1.95. The number of hydrogen-bond acceptors (Lipinski definition) is 2. The van der Waals surface area contributed by atoms with E-state index in [-0.39, 0.29) is 11.3 Å². The van der Waals surface area contributed by atoms with E-state index in [4.69, 9.17) is 18.0 Å². The first-order valence-corrected chi connectivity index (χ1v) is 6.15. The molecule has 0 aromatic rings. The molecule has 4 heteroatoms. The lowest BCUT2D eigenvalue weighted by molar-refractivity contribution is -0.141. The molecule has 1 amide bonds. The van der Waals surface area contributed by atoms with E-state index in [2.05, 4.69) is 20.8 Å². The smallest absolute Gasteiger partial charge is 0.235 e. The summed E-state index contributed by atoms with van der Waals surface area (Å²) in [6.07, 6.45) is 2.68. The van der Waals surface area contributed by atoms with Crippen LogP contribution in [0.15, 0.2) is 0 Å². The summed E-state index contributed by atoms with van der Waals surface area (Å²) in [5, 5.41) is 0. The van der Waals surface area contributed by atoms with Crippen LogP contribution >= 0.6 is 12.2 Å². The number of hydrogen-bond donors (Lipinski definition) is 1. The molecule has 2 N–H and O–H groups in total. The van der Waals surface area contributed by atoms with Gasteiger partial charge in [0.25, 0.3) is 0 Å². The van der Waals surface area contributed by atoms with Crippen LogP contribution in [-0.4, -0.2) is 29.4 Å². The number of thiocarbonyl (C=S) groups is 1. The zero-order chi connectivity index (χ0) is 12.6. The van der Waals surface area contributed by atoms with Crippen molar-refractivity contribution in [3.05, 3.63) is 0 Å². The van der Waals surface area contributed by atoms with Crippen LogP contribution < -0.4 is 5.73 Å². The Kier molecular flexibility index (Phi) is 3.62. The maximum absolute atomic E-state index is 12.3. The molecule has 0 aliphatic heterocycles. The third-order valence-electron chi connectivity index (χ3n) is 3.15. The van der Waals surface area contributed by atoms with E-state index in [1.165, 1.54) is 0 Å². The van der Waals surface area contributed by atoms with Crippen LogP contribution in [-0.2, 0) is 4.79 Å². The lowest BCUT2D eigenvalue weighted by atomic mass is 9.67. The van der Waals surface area contributed by atoms with Crippen LogP contribution in [0.1, 0.15) is 40.0 Å². The van der Waals surface area contributed by atoms with Crippen LogP contribution in [0.5, 0.6) is 0 Å². The molecule has 0 spiro atoms. The highest BCUT2D eigenvalue weighted by Gasteiger charge is 2.48. The fourth-order valence-electron chi connectivity index (χ4n) is 2.24. The molecule has 0 atom stereocenters. The second-order valence-electron chi connectivity index (χ2n) is 6.02. The van der Waals surface area contributed by atoms with Crippen LogP contribution in [0, 0.1) is 10.8 Å². The molecular weight excluding hydrogens is 220 g/mol. The Morgan fingerprint density at radius 1 is 1.44 bits per heavy atom. The van der Waals surface area contributed by atoms with Gasteiger partial charge in [-0.3, -0.25) is 4.79 Å². The minimum absolute atomic E-state index is 0.0983. The van der Waals surface area contributed by atoms with Gasteiger partial charge in [0.2, 0.25) is 5.91 Å². The largest absolute Gasteiger partial charge is 0.392 e. The standard InChI is InChI=1S/C12H22N2OS/c1-11(2,3)8-14(4)10(15)12(9(13)16)6-5-7-12/h5-8H2,1-4H3,(H2,13,16). The number of nitrogens with zero attached hydrogens (tertiary/aromatic N) is 1. The number of carbonyl (C=O) groups is 1. The third-order valence-corrected chi connectivity index (χ3v) is 3.54. The van der Waals surface area contributed by atoms with Crippen molar-refractivity contribution in [2.45, 2.75) is 40.0 Å². The van der Waals surface area contributed by atoms with Crippen molar-refractivity contribution in [1.29, 1.82) is 0 Å². The van der Waals surface area contributed by atoms with Crippen molar-refractivity contribution in [3.63, 3.8) is 0 Å². The number of rotatable bonds is 3. The highest BCUT2D eigenvalue weighted by atomic mass is 32.1. The van der Waals surface area contributed by atoms with E-state index >= 15 is 0 Å². The molecule has 0 aromatic heterocycles. The molecule has 0 bridgehead atoms. The molecule has 16 heavy (non-hydrogen) atoms. The molecule has 0 aromatic carbocycles. The van der Waals surface area contributed by atoms with Gasteiger partial charge < -0.3 is 10.6 Å². The monoisotopic (exact) mass is 242 g/mol. The van der Waals surface area contributed by atoms with Crippen LogP contribution in [0.4, 0.5) is 0 Å². The van der Waals surface area contributed by atoms with Crippen molar-refractivity contribution in [2.24, 2.45) is 16.6 Å². The van der Waals surface area contributed by atoms with E-state index in [0.29, 0.717) is 4.99 Å². The summed E-state index contributed by atoms with van der Waals surface area (Å²) in [7, 11) is 1.84. The fraction of sp³-hybridized carbons (Fsp3) is 0.833.